The number of hydrogen-bond donors (Lipinski definition) is 2. The van der Waals surface area contributed by atoms with Crippen LogP contribution in [0.25, 0.3) is 0 Å². The van der Waals surface area contributed by atoms with E-state index in [0.717, 1.165) is 15.9 Å². The summed E-state index contributed by atoms with van der Waals surface area (Å²) < 4.78 is 6.55. The van der Waals surface area contributed by atoms with E-state index in [9.17, 15) is 4.79 Å². The van der Waals surface area contributed by atoms with Gasteiger partial charge in [-0.2, -0.15) is 0 Å². The SMILES string of the molecule is Nc1ccc(NC(=O)CCCOc2cccc(Br)c2)cc1. The molecular weight excluding hydrogens is 332 g/mol. The highest BCUT2D eigenvalue weighted by molar-refractivity contribution is 9.10. The van der Waals surface area contributed by atoms with Crippen LogP contribution in [0, 0.1) is 0 Å². The monoisotopic (exact) mass is 348 g/mol. The second-order valence-electron chi connectivity index (χ2n) is 4.58. The van der Waals surface area contributed by atoms with Crippen molar-refractivity contribution in [3.63, 3.8) is 0 Å². The third-order valence-corrected chi connectivity index (χ3v) is 3.30. The van der Waals surface area contributed by atoms with E-state index in [1.165, 1.54) is 0 Å². The van der Waals surface area contributed by atoms with Gasteiger partial charge in [0, 0.05) is 22.3 Å². The summed E-state index contributed by atoms with van der Waals surface area (Å²) in [5, 5.41) is 2.82. The summed E-state index contributed by atoms with van der Waals surface area (Å²) in [6.45, 7) is 0.506. The fraction of sp³-hybridized carbons (Fsp3) is 0.188. The Kier molecular flexibility index (Phi) is 5.63. The number of carbonyl (C=O) groups excluding carboxylic acids is 1. The molecule has 110 valence electrons. The van der Waals surface area contributed by atoms with Gasteiger partial charge in [0.1, 0.15) is 5.75 Å². The van der Waals surface area contributed by atoms with Crippen LogP contribution in [0.15, 0.2) is 53.0 Å². The minimum atomic E-state index is -0.0300. The maximum Gasteiger partial charge on any atom is 0.224 e. The lowest BCUT2D eigenvalue weighted by atomic mass is 10.2. The van der Waals surface area contributed by atoms with Gasteiger partial charge in [0.15, 0.2) is 0 Å². The van der Waals surface area contributed by atoms with E-state index < -0.39 is 0 Å². The Morgan fingerprint density at radius 3 is 2.67 bits per heavy atom. The molecule has 0 radical (unpaired) electrons. The van der Waals surface area contributed by atoms with Gasteiger partial charge in [-0.3, -0.25) is 4.79 Å². The van der Waals surface area contributed by atoms with Gasteiger partial charge in [-0.15, -0.1) is 0 Å². The van der Waals surface area contributed by atoms with Gasteiger partial charge in [-0.1, -0.05) is 22.0 Å². The first-order valence-electron chi connectivity index (χ1n) is 6.67. The van der Waals surface area contributed by atoms with Crippen molar-refractivity contribution in [3.05, 3.63) is 53.0 Å². The number of ether oxygens (including phenoxy) is 1. The highest BCUT2D eigenvalue weighted by atomic mass is 79.9. The van der Waals surface area contributed by atoms with Gasteiger partial charge in [-0.25, -0.2) is 0 Å². The third-order valence-electron chi connectivity index (χ3n) is 2.81. The molecule has 0 heterocycles. The van der Waals surface area contributed by atoms with E-state index >= 15 is 0 Å². The fourth-order valence-corrected chi connectivity index (χ4v) is 2.15. The Balaban J connectivity index is 1.68. The molecule has 0 unspecified atom stereocenters. The summed E-state index contributed by atoms with van der Waals surface area (Å²) in [5.41, 5.74) is 7.02. The van der Waals surface area contributed by atoms with Gasteiger partial charge in [0.05, 0.1) is 6.61 Å². The van der Waals surface area contributed by atoms with E-state index in [2.05, 4.69) is 21.2 Å². The smallest absolute Gasteiger partial charge is 0.224 e. The van der Waals surface area contributed by atoms with Crippen LogP contribution in [0.4, 0.5) is 11.4 Å². The molecule has 4 nitrogen and oxygen atoms in total. The molecule has 0 saturated heterocycles. The van der Waals surface area contributed by atoms with Crippen molar-refractivity contribution in [2.45, 2.75) is 12.8 Å². The van der Waals surface area contributed by atoms with Crippen LogP contribution in [0.1, 0.15) is 12.8 Å². The van der Waals surface area contributed by atoms with Crippen LogP contribution in [0.2, 0.25) is 0 Å². The average molecular weight is 349 g/mol. The molecule has 5 heteroatoms. The summed E-state index contributed by atoms with van der Waals surface area (Å²) in [5.74, 6) is 0.765. The number of benzene rings is 2. The lowest BCUT2D eigenvalue weighted by Gasteiger charge is -2.07. The lowest BCUT2D eigenvalue weighted by molar-refractivity contribution is -0.116. The highest BCUT2D eigenvalue weighted by Crippen LogP contribution is 2.18. The summed E-state index contributed by atoms with van der Waals surface area (Å²) in [6, 6.07) is 14.7. The maximum atomic E-state index is 11.8. The molecule has 0 aliphatic carbocycles. The predicted molar refractivity (Wildman–Crippen MR) is 88.4 cm³/mol. The molecule has 0 fully saturated rings. The minimum absolute atomic E-state index is 0.0300. The highest BCUT2D eigenvalue weighted by Gasteiger charge is 2.03. The van der Waals surface area contributed by atoms with Gasteiger partial charge >= 0.3 is 0 Å². The molecule has 0 aliphatic heterocycles. The number of halogens is 1. The van der Waals surface area contributed by atoms with Gasteiger partial charge in [0.25, 0.3) is 0 Å². The molecule has 0 aliphatic rings. The van der Waals surface area contributed by atoms with E-state index in [4.69, 9.17) is 10.5 Å². The molecule has 21 heavy (non-hydrogen) atoms. The molecule has 2 aromatic rings. The molecule has 2 aromatic carbocycles. The Hall–Kier alpha value is -2.01. The first-order chi connectivity index (χ1) is 10.1. The third kappa shape index (κ3) is 5.47. The first-order valence-corrected chi connectivity index (χ1v) is 7.46. The molecule has 1 amide bonds. The standard InChI is InChI=1S/C16H17BrN2O2/c17-12-3-1-4-15(11-12)21-10-2-5-16(20)19-14-8-6-13(18)7-9-14/h1,3-4,6-9,11H,2,5,10,18H2,(H,19,20). The van der Waals surface area contributed by atoms with E-state index in [-0.39, 0.29) is 5.91 Å². The summed E-state index contributed by atoms with van der Waals surface area (Å²) >= 11 is 3.38. The molecule has 0 spiro atoms. The molecule has 0 saturated carbocycles. The molecule has 3 N–H and O–H groups in total. The van der Waals surface area contributed by atoms with Crippen molar-refractivity contribution in [1.82, 2.24) is 0 Å². The topological polar surface area (TPSA) is 64.3 Å². The van der Waals surface area contributed by atoms with Gasteiger partial charge in [-0.05, 0) is 48.9 Å². The van der Waals surface area contributed by atoms with Crippen LogP contribution in [-0.2, 0) is 4.79 Å². The molecule has 2 rings (SSSR count). The van der Waals surface area contributed by atoms with Gasteiger partial charge in [0.2, 0.25) is 5.91 Å². The van der Waals surface area contributed by atoms with Crippen LogP contribution in [-0.4, -0.2) is 12.5 Å². The Labute approximate surface area is 132 Å². The van der Waals surface area contributed by atoms with Crippen LogP contribution in [0.3, 0.4) is 0 Å². The Bertz CT molecular complexity index is 599. The van der Waals surface area contributed by atoms with Crippen LogP contribution < -0.4 is 15.8 Å². The zero-order chi connectivity index (χ0) is 15.1. The number of rotatable bonds is 6. The molecule has 0 aromatic heterocycles. The molecule has 0 atom stereocenters. The average Bonchev–Trinajstić information content (AvgIpc) is 2.46. The predicted octanol–water partition coefficient (Wildman–Crippen LogP) is 3.83. The first kappa shape index (κ1) is 15.4. The van der Waals surface area contributed by atoms with E-state index in [1.54, 1.807) is 24.3 Å². The number of carbonyl (C=O) groups is 1. The molecule has 0 bridgehead atoms. The summed E-state index contributed by atoms with van der Waals surface area (Å²) in [4.78, 5) is 11.8. The van der Waals surface area contributed by atoms with Crippen molar-refractivity contribution in [3.8, 4) is 5.75 Å². The Morgan fingerprint density at radius 1 is 1.19 bits per heavy atom. The van der Waals surface area contributed by atoms with Crippen LogP contribution in [0.5, 0.6) is 5.75 Å². The van der Waals surface area contributed by atoms with Gasteiger partial charge < -0.3 is 15.8 Å². The van der Waals surface area contributed by atoms with Crippen LogP contribution >= 0.6 is 15.9 Å². The van der Waals surface area contributed by atoms with Crippen molar-refractivity contribution in [2.24, 2.45) is 0 Å². The van der Waals surface area contributed by atoms with Crippen molar-refractivity contribution in [2.75, 3.05) is 17.7 Å². The number of amides is 1. The van der Waals surface area contributed by atoms with Crippen molar-refractivity contribution in [1.29, 1.82) is 0 Å². The normalized spacial score (nSPS) is 10.1. The van der Waals surface area contributed by atoms with E-state index in [1.807, 2.05) is 24.3 Å². The van der Waals surface area contributed by atoms with Crippen molar-refractivity contribution < 1.29 is 9.53 Å². The van der Waals surface area contributed by atoms with E-state index in [0.29, 0.717) is 25.1 Å². The zero-order valence-corrected chi connectivity index (χ0v) is 13.1. The summed E-state index contributed by atoms with van der Waals surface area (Å²) in [6.07, 6.45) is 1.08. The second kappa shape index (κ2) is 7.69. The number of anilines is 2. The lowest BCUT2D eigenvalue weighted by Crippen LogP contribution is -2.12. The number of hydrogen-bond acceptors (Lipinski definition) is 3. The second-order valence-corrected chi connectivity index (χ2v) is 5.50. The molecular formula is C16H17BrN2O2. The minimum Gasteiger partial charge on any atom is -0.494 e. The number of nitrogens with one attached hydrogen (secondary N) is 1. The number of nitrogen functional groups attached to an aromatic ring is 1. The quantitative estimate of drug-likeness (QED) is 0.615. The maximum absolute atomic E-state index is 11.8. The largest absolute Gasteiger partial charge is 0.494 e. The Morgan fingerprint density at radius 2 is 1.95 bits per heavy atom. The zero-order valence-electron chi connectivity index (χ0n) is 11.5. The van der Waals surface area contributed by atoms with Crippen molar-refractivity contribution >= 4 is 33.2 Å². The number of nitrogens with two attached hydrogens (primary N) is 1. The fourth-order valence-electron chi connectivity index (χ4n) is 1.77. The summed E-state index contributed by atoms with van der Waals surface area (Å²) in [7, 11) is 0.